The SMILES string of the molecule is CC(C)Nc1c(C(=O)NCCN2CCCCC2=O)cnc2ccc(-c3cn[nH]c3)cc12. The summed E-state index contributed by atoms with van der Waals surface area (Å²) >= 11 is 0. The first-order chi connectivity index (χ1) is 15.0. The van der Waals surface area contributed by atoms with Crippen LogP contribution in [0.15, 0.2) is 36.8 Å². The van der Waals surface area contributed by atoms with Crippen LogP contribution in [0.2, 0.25) is 0 Å². The number of hydrogen-bond acceptors (Lipinski definition) is 5. The summed E-state index contributed by atoms with van der Waals surface area (Å²) in [4.78, 5) is 31.3. The number of amides is 2. The third kappa shape index (κ3) is 4.68. The van der Waals surface area contributed by atoms with Crippen LogP contribution in [-0.4, -0.2) is 57.6 Å². The molecule has 1 aliphatic rings. The number of pyridine rings is 1. The van der Waals surface area contributed by atoms with Crippen LogP contribution in [0.1, 0.15) is 43.5 Å². The van der Waals surface area contributed by atoms with Crippen molar-refractivity contribution in [3.63, 3.8) is 0 Å². The maximum absolute atomic E-state index is 13.0. The number of carbonyl (C=O) groups is 2. The number of nitrogens with one attached hydrogen (secondary N) is 3. The van der Waals surface area contributed by atoms with Gasteiger partial charge in [0.25, 0.3) is 5.91 Å². The largest absolute Gasteiger partial charge is 0.382 e. The summed E-state index contributed by atoms with van der Waals surface area (Å²) in [6, 6.07) is 6.11. The van der Waals surface area contributed by atoms with Gasteiger partial charge in [0.1, 0.15) is 0 Å². The van der Waals surface area contributed by atoms with Crippen molar-refractivity contribution in [2.75, 3.05) is 25.0 Å². The molecule has 0 atom stereocenters. The Bertz CT molecular complexity index is 1080. The third-order valence-electron chi connectivity index (χ3n) is 5.47. The van der Waals surface area contributed by atoms with Gasteiger partial charge in [0.2, 0.25) is 5.91 Å². The molecule has 8 heteroatoms. The number of aromatic amines is 1. The minimum Gasteiger partial charge on any atom is -0.382 e. The van der Waals surface area contributed by atoms with E-state index in [1.54, 1.807) is 12.4 Å². The van der Waals surface area contributed by atoms with Crippen molar-refractivity contribution in [1.29, 1.82) is 0 Å². The lowest BCUT2D eigenvalue weighted by Gasteiger charge is -2.26. The fraction of sp³-hybridized carbons (Fsp3) is 0.391. The Hall–Kier alpha value is -3.42. The number of H-pyrrole nitrogens is 1. The molecule has 3 N–H and O–H groups in total. The molecular weight excluding hydrogens is 392 g/mol. The first-order valence-corrected chi connectivity index (χ1v) is 10.8. The smallest absolute Gasteiger partial charge is 0.255 e. The lowest BCUT2D eigenvalue weighted by atomic mass is 10.0. The van der Waals surface area contributed by atoms with Gasteiger partial charge in [-0.2, -0.15) is 5.10 Å². The van der Waals surface area contributed by atoms with Crippen molar-refractivity contribution in [2.24, 2.45) is 0 Å². The van der Waals surface area contributed by atoms with Gasteiger partial charge in [0, 0.05) is 55.4 Å². The van der Waals surface area contributed by atoms with E-state index in [-0.39, 0.29) is 17.9 Å². The average Bonchev–Trinajstić information content (AvgIpc) is 3.29. The first-order valence-electron chi connectivity index (χ1n) is 10.8. The summed E-state index contributed by atoms with van der Waals surface area (Å²) in [5.74, 6) is -0.0301. The Balaban J connectivity index is 1.59. The van der Waals surface area contributed by atoms with Gasteiger partial charge in [-0.25, -0.2) is 0 Å². The van der Waals surface area contributed by atoms with Gasteiger partial charge in [0.05, 0.1) is 23.0 Å². The maximum Gasteiger partial charge on any atom is 0.255 e. The zero-order valence-electron chi connectivity index (χ0n) is 17.9. The second-order valence-electron chi connectivity index (χ2n) is 8.16. The highest BCUT2D eigenvalue weighted by Crippen LogP contribution is 2.31. The predicted molar refractivity (Wildman–Crippen MR) is 121 cm³/mol. The number of carbonyl (C=O) groups excluding carboxylic acids is 2. The van der Waals surface area contributed by atoms with Crippen LogP contribution in [-0.2, 0) is 4.79 Å². The summed E-state index contributed by atoms with van der Waals surface area (Å²) in [5.41, 5.74) is 4.03. The molecule has 0 spiro atoms. The highest BCUT2D eigenvalue weighted by Gasteiger charge is 2.20. The van der Waals surface area contributed by atoms with E-state index in [4.69, 9.17) is 0 Å². The van der Waals surface area contributed by atoms with Gasteiger partial charge in [-0.15, -0.1) is 0 Å². The van der Waals surface area contributed by atoms with Crippen LogP contribution in [0, 0.1) is 0 Å². The molecule has 0 aliphatic carbocycles. The van der Waals surface area contributed by atoms with Crippen molar-refractivity contribution in [3.05, 3.63) is 42.4 Å². The molecule has 4 rings (SSSR count). The number of hydrogen-bond donors (Lipinski definition) is 3. The number of likely N-dealkylation sites (tertiary alicyclic amines) is 1. The highest BCUT2D eigenvalue weighted by atomic mass is 16.2. The number of benzene rings is 1. The molecule has 3 aromatic rings. The van der Waals surface area contributed by atoms with E-state index in [9.17, 15) is 9.59 Å². The summed E-state index contributed by atoms with van der Waals surface area (Å²) in [6.45, 7) is 5.79. The maximum atomic E-state index is 13.0. The van der Waals surface area contributed by atoms with Crippen LogP contribution in [0.3, 0.4) is 0 Å². The summed E-state index contributed by atoms with van der Waals surface area (Å²) in [6.07, 6.45) is 7.80. The topological polar surface area (TPSA) is 103 Å². The van der Waals surface area contributed by atoms with Crippen LogP contribution in [0.4, 0.5) is 5.69 Å². The zero-order chi connectivity index (χ0) is 21.8. The fourth-order valence-electron chi connectivity index (χ4n) is 3.90. The first kappa shape index (κ1) is 20.8. The fourth-order valence-corrected chi connectivity index (χ4v) is 3.90. The predicted octanol–water partition coefficient (Wildman–Crippen LogP) is 3.19. The number of aromatic nitrogens is 3. The number of anilines is 1. The van der Waals surface area contributed by atoms with Gasteiger partial charge in [-0.05, 0) is 44.4 Å². The minimum absolute atomic E-state index is 0.140. The van der Waals surface area contributed by atoms with E-state index in [2.05, 4.69) is 25.8 Å². The van der Waals surface area contributed by atoms with Crippen molar-refractivity contribution < 1.29 is 9.59 Å². The lowest BCUT2D eigenvalue weighted by Crippen LogP contribution is -2.41. The standard InChI is InChI=1S/C23H28N6O2/c1-15(2)28-22-18-11-16(17-12-26-27-13-17)6-7-20(18)25-14-19(22)23(31)24-8-10-29-9-4-3-5-21(29)30/h6-7,11-15H,3-5,8-10H2,1-2H3,(H,24,31)(H,25,28)(H,26,27). The molecule has 0 unspecified atom stereocenters. The van der Waals surface area contributed by atoms with E-state index >= 15 is 0 Å². The molecule has 2 aromatic heterocycles. The van der Waals surface area contributed by atoms with Crippen LogP contribution in [0.25, 0.3) is 22.0 Å². The molecular formula is C23H28N6O2. The molecule has 0 saturated carbocycles. The molecule has 1 fully saturated rings. The van der Waals surface area contributed by atoms with Crippen molar-refractivity contribution >= 4 is 28.4 Å². The number of nitrogens with zero attached hydrogens (tertiary/aromatic N) is 3. The third-order valence-corrected chi connectivity index (χ3v) is 5.47. The molecule has 1 aromatic carbocycles. The molecule has 0 radical (unpaired) electrons. The van der Waals surface area contributed by atoms with Gasteiger partial charge < -0.3 is 15.5 Å². The van der Waals surface area contributed by atoms with E-state index in [0.29, 0.717) is 25.1 Å². The molecule has 8 nitrogen and oxygen atoms in total. The van der Waals surface area contributed by atoms with E-state index in [1.807, 2.05) is 43.1 Å². The number of rotatable bonds is 7. The number of piperidine rings is 1. The Labute approximate surface area is 181 Å². The highest BCUT2D eigenvalue weighted by molar-refractivity contribution is 6.07. The van der Waals surface area contributed by atoms with Gasteiger partial charge in [0.15, 0.2) is 0 Å². The molecule has 1 aliphatic heterocycles. The minimum atomic E-state index is -0.198. The molecule has 2 amide bonds. The second kappa shape index (κ2) is 9.16. The van der Waals surface area contributed by atoms with Gasteiger partial charge >= 0.3 is 0 Å². The quantitative estimate of drug-likeness (QED) is 0.545. The van der Waals surface area contributed by atoms with Crippen LogP contribution >= 0.6 is 0 Å². The Morgan fingerprint density at radius 1 is 1.23 bits per heavy atom. The Morgan fingerprint density at radius 3 is 2.84 bits per heavy atom. The number of fused-ring (bicyclic) bond motifs is 1. The van der Waals surface area contributed by atoms with E-state index in [0.717, 1.165) is 47.1 Å². The molecule has 162 valence electrons. The summed E-state index contributed by atoms with van der Waals surface area (Å²) in [7, 11) is 0. The monoisotopic (exact) mass is 420 g/mol. The van der Waals surface area contributed by atoms with Crippen molar-refractivity contribution in [3.8, 4) is 11.1 Å². The molecule has 3 heterocycles. The van der Waals surface area contributed by atoms with Gasteiger partial charge in [-0.1, -0.05) is 6.07 Å². The molecule has 1 saturated heterocycles. The molecule has 0 bridgehead atoms. The van der Waals surface area contributed by atoms with Crippen LogP contribution in [0.5, 0.6) is 0 Å². The summed E-state index contributed by atoms with van der Waals surface area (Å²) in [5, 5.41) is 14.1. The summed E-state index contributed by atoms with van der Waals surface area (Å²) < 4.78 is 0. The van der Waals surface area contributed by atoms with Crippen molar-refractivity contribution in [1.82, 2.24) is 25.4 Å². The van der Waals surface area contributed by atoms with Gasteiger partial charge in [-0.3, -0.25) is 19.7 Å². The Kier molecular flexibility index (Phi) is 6.16. The van der Waals surface area contributed by atoms with E-state index < -0.39 is 0 Å². The van der Waals surface area contributed by atoms with Crippen molar-refractivity contribution in [2.45, 2.75) is 39.2 Å². The average molecular weight is 421 g/mol. The Morgan fingerprint density at radius 2 is 2.10 bits per heavy atom. The zero-order valence-corrected chi connectivity index (χ0v) is 17.9. The lowest BCUT2D eigenvalue weighted by molar-refractivity contribution is -0.133. The molecule has 31 heavy (non-hydrogen) atoms. The van der Waals surface area contributed by atoms with Crippen LogP contribution < -0.4 is 10.6 Å². The van der Waals surface area contributed by atoms with E-state index in [1.165, 1.54) is 0 Å². The normalized spacial score (nSPS) is 14.3. The second-order valence-corrected chi connectivity index (χ2v) is 8.16.